The van der Waals surface area contributed by atoms with Crippen molar-refractivity contribution in [2.45, 2.75) is 44.9 Å². The summed E-state index contributed by atoms with van der Waals surface area (Å²) in [6.45, 7) is 5.07. The fraction of sp³-hybridized carbons (Fsp3) is 0.800. The van der Waals surface area contributed by atoms with Gasteiger partial charge in [0.2, 0.25) is 0 Å². The Balaban J connectivity index is 2.45. The number of hydrogen-bond donors (Lipinski definition) is 2. The van der Waals surface area contributed by atoms with E-state index in [1.165, 1.54) is 0 Å². The molecule has 2 atom stereocenters. The summed E-state index contributed by atoms with van der Waals surface area (Å²) < 4.78 is 5.75. The minimum atomic E-state index is -0.580. The summed E-state index contributed by atoms with van der Waals surface area (Å²) in [6.07, 6.45) is -0.439. The SMILES string of the molecule is CC(C)(C)OC(=O)N[C@H](CO)[C@@H]1CC(Br)=NO1. The van der Waals surface area contributed by atoms with Crippen LogP contribution in [0.1, 0.15) is 27.2 Å². The molecule has 6 nitrogen and oxygen atoms in total. The molecule has 1 rings (SSSR count). The van der Waals surface area contributed by atoms with Crippen molar-refractivity contribution >= 4 is 26.6 Å². The Labute approximate surface area is 108 Å². The van der Waals surface area contributed by atoms with Crippen LogP contribution in [0, 0.1) is 0 Å². The lowest BCUT2D eigenvalue weighted by atomic mass is 10.1. The number of nitrogens with zero attached hydrogens (tertiary/aromatic N) is 1. The smallest absolute Gasteiger partial charge is 0.408 e. The molecule has 0 fully saturated rings. The molecule has 0 aromatic carbocycles. The zero-order valence-corrected chi connectivity index (χ0v) is 11.7. The maximum atomic E-state index is 11.5. The van der Waals surface area contributed by atoms with E-state index in [0.29, 0.717) is 11.0 Å². The number of aliphatic hydroxyl groups excluding tert-OH is 1. The molecule has 0 aromatic rings. The lowest BCUT2D eigenvalue weighted by Crippen LogP contribution is -2.47. The van der Waals surface area contributed by atoms with Crippen molar-refractivity contribution in [2.75, 3.05) is 6.61 Å². The van der Waals surface area contributed by atoms with Gasteiger partial charge in [0.1, 0.15) is 10.2 Å². The second-order valence-electron chi connectivity index (χ2n) is 4.75. The standard InChI is InChI=1S/C10H17BrN2O4/c1-10(2,3)16-9(15)12-6(5-14)7-4-8(11)13-17-7/h6-7,14H,4-5H2,1-3H3,(H,12,15)/t6-,7+/m1/s1. The highest BCUT2D eigenvalue weighted by molar-refractivity contribution is 9.18. The molecule has 98 valence electrons. The number of nitrogens with one attached hydrogen (secondary N) is 1. The normalized spacial score (nSPS) is 21.5. The van der Waals surface area contributed by atoms with Gasteiger partial charge in [-0.1, -0.05) is 5.16 Å². The number of amides is 1. The Bertz CT molecular complexity index is 314. The van der Waals surface area contributed by atoms with Crippen LogP contribution in [0.2, 0.25) is 0 Å². The van der Waals surface area contributed by atoms with Crippen molar-refractivity contribution in [1.82, 2.24) is 5.32 Å². The molecule has 1 heterocycles. The fourth-order valence-electron chi connectivity index (χ4n) is 1.30. The predicted molar refractivity (Wildman–Crippen MR) is 66.1 cm³/mol. The third-order valence-corrected chi connectivity index (χ3v) is 2.47. The number of aliphatic hydroxyl groups is 1. The van der Waals surface area contributed by atoms with Gasteiger partial charge in [-0.3, -0.25) is 0 Å². The third-order valence-electron chi connectivity index (χ3n) is 2.00. The first-order valence-electron chi connectivity index (χ1n) is 5.30. The first-order chi connectivity index (χ1) is 7.81. The Morgan fingerprint density at radius 1 is 1.76 bits per heavy atom. The van der Waals surface area contributed by atoms with E-state index in [2.05, 4.69) is 26.4 Å². The van der Waals surface area contributed by atoms with Crippen molar-refractivity contribution in [2.24, 2.45) is 5.16 Å². The molecule has 0 aromatic heterocycles. The van der Waals surface area contributed by atoms with Gasteiger partial charge in [0.05, 0.1) is 12.6 Å². The quantitative estimate of drug-likeness (QED) is 0.825. The van der Waals surface area contributed by atoms with Crippen LogP contribution in [-0.4, -0.2) is 40.2 Å². The first kappa shape index (κ1) is 14.2. The predicted octanol–water partition coefficient (Wildman–Crippen LogP) is 1.37. The summed E-state index contributed by atoms with van der Waals surface area (Å²) in [5, 5.41) is 15.5. The molecule has 0 spiro atoms. The second-order valence-corrected chi connectivity index (χ2v) is 5.67. The molecule has 17 heavy (non-hydrogen) atoms. The minimum Gasteiger partial charge on any atom is -0.444 e. The molecule has 0 radical (unpaired) electrons. The molecule has 1 aliphatic rings. The number of carbonyl (C=O) groups is 1. The van der Waals surface area contributed by atoms with Gasteiger partial charge in [-0.05, 0) is 36.7 Å². The molecule has 0 saturated heterocycles. The van der Waals surface area contributed by atoms with Gasteiger partial charge in [-0.15, -0.1) is 0 Å². The number of ether oxygens (including phenoxy) is 1. The summed E-state index contributed by atoms with van der Waals surface area (Å²) in [7, 11) is 0. The second kappa shape index (κ2) is 5.68. The Morgan fingerprint density at radius 2 is 2.41 bits per heavy atom. The largest absolute Gasteiger partial charge is 0.444 e. The fourth-order valence-corrected chi connectivity index (χ4v) is 1.70. The number of oxime groups is 1. The molecule has 2 N–H and O–H groups in total. The number of carbonyl (C=O) groups excluding carboxylic acids is 1. The Morgan fingerprint density at radius 3 is 2.82 bits per heavy atom. The van der Waals surface area contributed by atoms with Crippen molar-refractivity contribution in [3.63, 3.8) is 0 Å². The molecule has 0 unspecified atom stereocenters. The van der Waals surface area contributed by atoms with E-state index in [-0.39, 0.29) is 12.7 Å². The molecule has 7 heteroatoms. The van der Waals surface area contributed by atoms with Crippen LogP contribution in [-0.2, 0) is 9.57 Å². The summed E-state index contributed by atoms with van der Waals surface area (Å²) >= 11 is 3.19. The Kier molecular flexibility index (Phi) is 4.76. The monoisotopic (exact) mass is 308 g/mol. The van der Waals surface area contributed by atoms with Crippen LogP contribution in [0.3, 0.4) is 0 Å². The van der Waals surface area contributed by atoms with Crippen molar-refractivity contribution in [3.8, 4) is 0 Å². The molecular formula is C10H17BrN2O4. The van der Waals surface area contributed by atoms with Crippen LogP contribution in [0.5, 0.6) is 0 Å². The summed E-state index contributed by atoms with van der Waals surface area (Å²) in [4.78, 5) is 16.6. The zero-order valence-electron chi connectivity index (χ0n) is 10.1. The molecule has 0 aliphatic carbocycles. The van der Waals surface area contributed by atoms with E-state index < -0.39 is 17.7 Å². The van der Waals surface area contributed by atoms with Gasteiger partial charge < -0.3 is 20.0 Å². The third kappa shape index (κ3) is 4.91. The summed E-state index contributed by atoms with van der Waals surface area (Å²) in [5.41, 5.74) is -0.572. The molecular weight excluding hydrogens is 292 g/mol. The number of halogens is 1. The lowest BCUT2D eigenvalue weighted by Gasteiger charge is -2.24. The van der Waals surface area contributed by atoms with Crippen LogP contribution in [0.15, 0.2) is 5.16 Å². The van der Waals surface area contributed by atoms with Crippen LogP contribution in [0.4, 0.5) is 4.79 Å². The number of hydrogen-bond acceptors (Lipinski definition) is 5. The van der Waals surface area contributed by atoms with Gasteiger partial charge in [-0.2, -0.15) is 0 Å². The van der Waals surface area contributed by atoms with E-state index in [0.717, 1.165) is 0 Å². The average molecular weight is 309 g/mol. The van der Waals surface area contributed by atoms with Crippen molar-refractivity contribution < 1.29 is 19.5 Å². The lowest BCUT2D eigenvalue weighted by molar-refractivity contribution is 0.0178. The van der Waals surface area contributed by atoms with Gasteiger partial charge in [0.25, 0.3) is 0 Å². The number of rotatable bonds is 3. The highest BCUT2D eigenvalue weighted by Crippen LogP contribution is 2.17. The Hall–Kier alpha value is -0.820. The topological polar surface area (TPSA) is 80.2 Å². The van der Waals surface area contributed by atoms with E-state index >= 15 is 0 Å². The summed E-state index contributed by atoms with van der Waals surface area (Å²) in [5.74, 6) is 0. The van der Waals surface area contributed by atoms with Crippen LogP contribution >= 0.6 is 15.9 Å². The van der Waals surface area contributed by atoms with E-state index in [1.54, 1.807) is 20.8 Å². The maximum absolute atomic E-state index is 11.5. The molecule has 0 saturated carbocycles. The van der Waals surface area contributed by atoms with Crippen LogP contribution in [0.25, 0.3) is 0 Å². The zero-order chi connectivity index (χ0) is 13.1. The summed E-state index contributed by atoms with van der Waals surface area (Å²) in [6, 6.07) is -0.538. The molecule has 1 amide bonds. The molecule has 1 aliphatic heterocycles. The highest BCUT2D eigenvalue weighted by Gasteiger charge is 2.30. The van der Waals surface area contributed by atoms with E-state index in [9.17, 15) is 9.90 Å². The van der Waals surface area contributed by atoms with Gasteiger partial charge >= 0.3 is 6.09 Å². The first-order valence-corrected chi connectivity index (χ1v) is 6.09. The van der Waals surface area contributed by atoms with E-state index in [1.807, 2.05) is 0 Å². The average Bonchev–Trinajstić information content (AvgIpc) is 2.58. The maximum Gasteiger partial charge on any atom is 0.408 e. The highest BCUT2D eigenvalue weighted by atomic mass is 79.9. The van der Waals surface area contributed by atoms with Gasteiger partial charge in [-0.25, -0.2) is 4.79 Å². The minimum absolute atomic E-state index is 0.236. The van der Waals surface area contributed by atoms with Gasteiger partial charge in [0, 0.05) is 6.42 Å². The number of alkyl carbamates (subject to hydrolysis) is 1. The van der Waals surface area contributed by atoms with Crippen molar-refractivity contribution in [3.05, 3.63) is 0 Å². The molecule has 0 bridgehead atoms. The van der Waals surface area contributed by atoms with Gasteiger partial charge in [0.15, 0.2) is 6.10 Å². The van der Waals surface area contributed by atoms with E-state index in [4.69, 9.17) is 9.57 Å². The van der Waals surface area contributed by atoms with Crippen LogP contribution < -0.4 is 5.32 Å². The van der Waals surface area contributed by atoms with Crippen molar-refractivity contribution in [1.29, 1.82) is 0 Å².